The zero-order valence-corrected chi connectivity index (χ0v) is 15.2. The molecule has 2 heteroatoms. The van der Waals surface area contributed by atoms with Crippen molar-refractivity contribution < 1.29 is 0 Å². The molecule has 3 rings (SSSR count). The maximum Gasteiger partial charge on any atom is 0.0282 e. The summed E-state index contributed by atoms with van der Waals surface area (Å²) in [6, 6.07) is 1.53. The molecule has 0 aromatic heterocycles. The molecule has 3 aliphatic rings. The van der Waals surface area contributed by atoms with Gasteiger partial charge in [0.25, 0.3) is 0 Å². The number of hydrogen-bond donors (Lipinski definition) is 2. The molecule has 3 fully saturated rings. The maximum atomic E-state index is 3.91. The van der Waals surface area contributed by atoms with Gasteiger partial charge in [0, 0.05) is 12.1 Å². The summed E-state index contributed by atoms with van der Waals surface area (Å²) in [4.78, 5) is 0. The minimum Gasteiger partial charge on any atom is -0.314 e. The van der Waals surface area contributed by atoms with Crippen LogP contribution in [0.4, 0.5) is 0 Å². The number of hydrogen-bond acceptors (Lipinski definition) is 2. The van der Waals surface area contributed by atoms with Crippen LogP contribution in [0.25, 0.3) is 0 Å². The van der Waals surface area contributed by atoms with Crippen LogP contribution in [-0.2, 0) is 0 Å². The van der Waals surface area contributed by atoms with Gasteiger partial charge in [0.1, 0.15) is 0 Å². The maximum absolute atomic E-state index is 3.91. The molecule has 0 saturated heterocycles. The van der Waals surface area contributed by atoms with Crippen LogP contribution in [-0.4, -0.2) is 25.2 Å². The minimum atomic E-state index is 0.714. The van der Waals surface area contributed by atoms with Crippen molar-refractivity contribution in [1.29, 1.82) is 0 Å². The Morgan fingerprint density at radius 3 is 2.13 bits per heavy atom. The summed E-state index contributed by atoms with van der Waals surface area (Å²) in [6.07, 6.45) is 21.2. The smallest absolute Gasteiger partial charge is 0.0282 e. The van der Waals surface area contributed by atoms with E-state index < -0.39 is 0 Å². The molecule has 0 bridgehead atoms. The zero-order chi connectivity index (χ0) is 15.7. The number of rotatable bonds is 6. The van der Waals surface area contributed by atoms with Gasteiger partial charge in [-0.1, -0.05) is 43.3 Å². The van der Waals surface area contributed by atoms with Crippen molar-refractivity contribution in [3.8, 4) is 0 Å². The topological polar surface area (TPSA) is 24.1 Å². The summed E-state index contributed by atoms with van der Waals surface area (Å²) in [6.45, 7) is 2.40. The van der Waals surface area contributed by atoms with Crippen molar-refractivity contribution in [2.45, 2.75) is 108 Å². The first kappa shape index (κ1) is 17.5. The Morgan fingerprint density at radius 1 is 0.652 bits per heavy atom. The molecule has 0 unspecified atom stereocenters. The van der Waals surface area contributed by atoms with Crippen LogP contribution in [0.3, 0.4) is 0 Å². The van der Waals surface area contributed by atoms with E-state index in [0.717, 1.165) is 6.04 Å². The first-order valence-corrected chi connectivity index (χ1v) is 10.6. The normalized spacial score (nSPS) is 27.4. The number of allylic oxidation sites excluding steroid dienone is 1. The largest absolute Gasteiger partial charge is 0.314 e. The molecule has 2 nitrogen and oxygen atoms in total. The molecule has 3 saturated carbocycles. The van der Waals surface area contributed by atoms with Crippen LogP contribution in [0.1, 0.15) is 96.3 Å². The fraction of sp³-hybridized carbons (Fsp3) is 0.905. The Balaban J connectivity index is 1.37. The van der Waals surface area contributed by atoms with Crippen LogP contribution >= 0.6 is 0 Å². The zero-order valence-electron chi connectivity index (χ0n) is 15.2. The molecule has 1 atom stereocenters. The third-order valence-electron chi connectivity index (χ3n) is 6.30. The predicted molar refractivity (Wildman–Crippen MR) is 99.9 cm³/mol. The first-order chi connectivity index (χ1) is 11.4. The fourth-order valence-corrected chi connectivity index (χ4v) is 4.94. The highest BCUT2D eigenvalue weighted by Crippen LogP contribution is 2.33. The van der Waals surface area contributed by atoms with E-state index in [4.69, 9.17) is 0 Å². The van der Waals surface area contributed by atoms with E-state index in [1.54, 1.807) is 0 Å². The second kappa shape index (κ2) is 9.84. The lowest BCUT2D eigenvalue weighted by Crippen LogP contribution is -2.37. The lowest BCUT2D eigenvalue weighted by atomic mass is 9.81. The van der Waals surface area contributed by atoms with Gasteiger partial charge in [0.15, 0.2) is 0 Å². The van der Waals surface area contributed by atoms with Crippen LogP contribution in [0.5, 0.6) is 0 Å². The Hall–Kier alpha value is -0.340. The Bertz CT molecular complexity index is 360. The van der Waals surface area contributed by atoms with Crippen molar-refractivity contribution in [2.75, 3.05) is 13.1 Å². The molecule has 23 heavy (non-hydrogen) atoms. The van der Waals surface area contributed by atoms with Crippen LogP contribution in [0, 0.1) is 0 Å². The van der Waals surface area contributed by atoms with Gasteiger partial charge in [-0.05, 0) is 77.3 Å². The van der Waals surface area contributed by atoms with Gasteiger partial charge in [-0.2, -0.15) is 0 Å². The monoisotopic (exact) mass is 318 g/mol. The molecule has 0 aromatic rings. The third kappa shape index (κ3) is 5.60. The number of nitrogens with one attached hydrogen (secondary N) is 2. The Morgan fingerprint density at radius 2 is 1.30 bits per heavy atom. The summed E-state index contributed by atoms with van der Waals surface area (Å²) in [7, 11) is 0. The predicted octanol–water partition coefficient (Wildman–Crippen LogP) is 5.09. The van der Waals surface area contributed by atoms with E-state index in [2.05, 4.69) is 10.6 Å². The molecular weight excluding hydrogens is 280 g/mol. The van der Waals surface area contributed by atoms with Crippen LogP contribution in [0.2, 0.25) is 0 Å². The second-order valence-electron chi connectivity index (χ2n) is 8.08. The van der Waals surface area contributed by atoms with Crippen molar-refractivity contribution in [3.05, 3.63) is 11.1 Å². The van der Waals surface area contributed by atoms with Gasteiger partial charge in [0.05, 0.1) is 0 Å². The molecule has 0 aromatic carbocycles. The van der Waals surface area contributed by atoms with Gasteiger partial charge in [-0.15, -0.1) is 0 Å². The lowest BCUT2D eigenvalue weighted by Gasteiger charge is -2.31. The Kier molecular flexibility index (Phi) is 7.48. The molecule has 3 aliphatic carbocycles. The summed E-state index contributed by atoms with van der Waals surface area (Å²) in [5.41, 5.74) is 3.67. The van der Waals surface area contributed by atoms with Crippen molar-refractivity contribution in [3.63, 3.8) is 0 Å². The Labute approximate surface area is 143 Å². The highest BCUT2D eigenvalue weighted by Gasteiger charge is 2.22. The van der Waals surface area contributed by atoms with E-state index >= 15 is 0 Å². The van der Waals surface area contributed by atoms with Crippen LogP contribution in [0.15, 0.2) is 11.1 Å². The highest BCUT2D eigenvalue weighted by atomic mass is 14.9. The lowest BCUT2D eigenvalue weighted by molar-refractivity contribution is 0.367. The molecule has 2 N–H and O–H groups in total. The van der Waals surface area contributed by atoms with Crippen LogP contribution < -0.4 is 10.6 Å². The molecule has 0 heterocycles. The van der Waals surface area contributed by atoms with E-state index in [1.165, 1.54) is 109 Å². The van der Waals surface area contributed by atoms with Crippen molar-refractivity contribution in [2.24, 2.45) is 0 Å². The van der Waals surface area contributed by atoms with Gasteiger partial charge in [0.2, 0.25) is 0 Å². The SMILES string of the molecule is C1CCC(=C2CCCC[C@@H]2NCCCNC2CCCCC2)CC1. The molecule has 0 radical (unpaired) electrons. The minimum absolute atomic E-state index is 0.714. The molecule has 0 aliphatic heterocycles. The molecular formula is C21H38N2. The van der Waals surface area contributed by atoms with Gasteiger partial charge in [-0.25, -0.2) is 0 Å². The fourth-order valence-electron chi connectivity index (χ4n) is 4.94. The van der Waals surface area contributed by atoms with E-state index in [9.17, 15) is 0 Å². The van der Waals surface area contributed by atoms with Crippen molar-refractivity contribution in [1.82, 2.24) is 10.6 Å². The molecule has 0 amide bonds. The van der Waals surface area contributed by atoms with E-state index in [-0.39, 0.29) is 0 Å². The molecule has 132 valence electrons. The summed E-state index contributed by atoms with van der Waals surface area (Å²) in [5.74, 6) is 0. The average Bonchev–Trinajstić information content (AvgIpc) is 2.63. The first-order valence-electron chi connectivity index (χ1n) is 10.6. The van der Waals surface area contributed by atoms with E-state index in [1.807, 2.05) is 11.1 Å². The van der Waals surface area contributed by atoms with Gasteiger partial charge < -0.3 is 10.6 Å². The average molecular weight is 319 g/mol. The van der Waals surface area contributed by atoms with E-state index in [0.29, 0.717) is 6.04 Å². The summed E-state index contributed by atoms with van der Waals surface area (Å²) < 4.78 is 0. The quantitative estimate of drug-likeness (QED) is 0.526. The van der Waals surface area contributed by atoms with Gasteiger partial charge in [-0.3, -0.25) is 0 Å². The summed E-state index contributed by atoms with van der Waals surface area (Å²) >= 11 is 0. The third-order valence-corrected chi connectivity index (χ3v) is 6.30. The summed E-state index contributed by atoms with van der Waals surface area (Å²) in [5, 5.41) is 7.69. The molecule has 0 spiro atoms. The highest BCUT2D eigenvalue weighted by molar-refractivity contribution is 5.22. The van der Waals surface area contributed by atoms with Gasteiger partial charge >= 0.3 is 0 Å². The second-order valence-corrected chi connectivity index (χ2v) is 8.08. The van der Waals surface area contributed by atoms with Crippen molar-refractivity contribution >= 4 is 0 Å². The standard InChI is InChI=1S/C21H38N2/c1-3-10-18(11-4-1)20-14-7-8-15-21(20)23-17-9-16-22-19-12-5-2-6-13-19/h19,21-23H,1-17H2/t21-/m0/s1.